The van der Waals surface area contributed by atoms with Gasteiger partial charge < -0.3 is 0 Å². The first kappa shape index (κ1) is 10.0. The van der Waals surface area contributed by atoms with Gasteiger partial charge in [0, 0.05) is 11.9 Å². The SMILES string of the molecule is Cc1ccnc(Sc2nnc(Br)s2)n1. The summed E-state index contributed by atoms with van der Waals surface area (Å²) in [5.41, 5.74) is 0.950. The largest absolute Gasteiger partial charge is 0.231 e. The molecule has 0 aliphatic heterocycles. The quantitative estimate of drug-likeness (QED) is 0.795. The molecule has 72 valence electrons. The zero-order chi connectivity index (χ0) is 9.97. The zero-order valence-electron chi connectivity index (χ0n) is 7.14. The van der Waals surface area contributed by atoms with Crippen LogP contribution in [0.4, 0.5) is 0 Å². The molecule has 0 aliphatic carbocycles. The van der Waals surface area contributed by atoms with Crippen molar-refractivity contribution in [2.45, 2.75) is 16.4 Å². The minimum absolute atomic E-state index is 0.702. The van der Waals surface area contributed by atoms with E-state index in [-0.39, 0.29) is 0 Å². The van der Waals surface area contributed by atoms with Crippen molar-refractivity contribution in [3.8, 4) is 0 Å². The molecule has 2 rings (SSSR count). The van der Waals surface area contributed by atoms with Crippen LogP contribution in [0.3, 0.4) is 0 Å². The van der Waals surface area contributed by atoms with E-state index < -0.39 is 0 Å². The number of aryl methyl sites for hydroxylation is 1. The normalized spacial score (nSPS) is 10.4. The zero-order valence-corrected chi connectivity index (χ0v) is 10.4. The fraction of sp³-hybridized carbons (Fsp3) is 0.143. The van der Waals surface area contributed by atoms with Gasteiger partial charge in [-0.05, 0) is 40.7 Å². The highest BCUT2D eigenvalue weighted by Gasteiger charge is 2.05. The van der Waals surface area contributed by atoms with Crippen LogP contribution in [-0.2, 0) is 0 Å². The third kappa shape index (κ3) is 2.49. The van der Waals surface area contributed by atoms with Gasteiger partial charge in [0.05, 0.1) is 0 Å². The van der Waals surface area contributed by atoms with Crippen molar-refractivity contribution in [2.24, 2.45) is 0 Å². The van der Waals surface area contributed by atoms with E-state index in [4.69, 9.17) is 0 Å². The van der Waals surface area contributed by atoms with Crippen LogP contribution in [0, 0.1) is 6.92 Å². The van der Waals surface area contributed by atoms with Crippen molar-refractivity contribution in [3.05, 3.63) is 21.9 Å². The summed E-state index contributed by atoms with van der Waals surface area (Å²) in [5, 5.41) is 8.49. The molecule has 0 saturated heterocycles. The van der Waals surface area contributed by atoms with Crippen LogP contribution in [0.15, 0.2) is 25.7 Å². The molecule has 2 aromatic rings. The molecular formula is C7H5BrN4S2. The van der Waals surface area contributed by atoms with E-state index in [1.165, 1.54) is 23.1 Å². The van der Waals surface area contributed by atoms with Gasteiger partial charge in [0.15, 0.2) is 13.4 Å². The summed E-state index contributed by atoms with van der Waals surface area (Å²) in [5.74, 6) is 0. The number of hydrogen-bond acceptors (Lipinski definition) is 6. The van der Waals surface area contributed by atoms with Gasteiger partial charge >= 0.3 is 0 Å². The maximum atomic E-state index is 4.25. The lowest BCUT2D eigenvalue weighted by Gasteiger charge is -1.95. The minimum Gasteiger partial charge on any atom is -0.231 e. The molecule has 2 aromatic heterocycles. The van der Waals surface area contributed by atoms with Gasteiger partial charge in [0.1, 0.15) is 0 Å². The first-order valence-corrected chi connectivity index (χ1v) is 6.13. The second-order valence-corrected chi connectivity index (χ2v) is 5.87. The van der Waals surface area contributed by atoms with Gasteiger partial charge in [-0.25, -0.2) is 9.97 Å². The van der Waals surface area contributed by atoms with Crippen molar-refractivity contribution in [1.82, 2.24) is 20.2 Å². The molecule has 0 bridgehead atoms. The molecule has 0 N–H and O–H groups in total. The Hall–Kier alpha value is -0.530. The lowest BCUT2D eigenvalue weighted by atomic mass is 10.5. The van der Waals surface area contributed by atoms with Crippen LogP contribution >= 0.6 is 39.0 Å². The molecule has 0 saturated carbocycles. The van der Waals surface area contributed by atoms with Gasteiger partial charge in [0.2, 0.25) is 0 Å². The van der Waals surface area contributed by atoms with Crippen molar-refractivity contribution < 1.29 is 0 Å². The Morgan fingerprint density at radius 2 is 2.29 bits per heavy atom. The molecule has 0 atom stereocenters. The smallest absolute Gasteiger partial charge is 0.194 e. The number of hydrogen-bond donors (Lipinski definition) is 0. The molecule has 0 radical (unpaired) electrons. The molecule has 0 amide bonds. The van der Waals surface area contributed by atoms with Crippen molar-refractivity contribution in [1.29, 1.82) is 0 Å². The second kappa shape index (κ2) is 4.33. The first-order chi connectivity index (χ1) is 6.74. The number of halogens is 1. The highest BCUT2D eigenvalue weighted by molar-refractivity contribution is 9.11. The van der Waals surface area contributed by atoms with Crippen LogP contribution < -0.4 is 0 Å². The van der Waals surface area contributed by atoms with Crippen LogP contribution in [0.25, 0.3) is 0 Å². The standard InChI is InChI=1S/C7H5BrN4S2/c1-4-2-3-9-6(10-4)14-7-12-11-5(8)13-7/h2-3H,1H3. The molecule has 0 spiro atoms. The van der Waals surface area contributed by atoms with Crippen LogP contribution in [-0.4, -0.2) is 20.2 Å². The Morgan fingerprint density at radius 3 is 2.93 bits per heavy atom. The van der Waals surface area contributed by atoms with Crippen LogP contribution in [0.2, 0.25) is 0 Å². The van der Waals surface area contributed by atoms with Gasteiger partial charge in [-0.3, -0.25) is 0 Å². The maximum absolute atomic E-state index is 4.25. The molecule has 0 aromatic carbocycles. The average molecular weight is 289 g/mol. The van der Waals surface area contributed by atoms with E-state index in [1.54, 1.807) is 6.20 Å². The van der Waals surface area contributed by atoms with E-state index in [2.05, 4.69) is 36.1 Å². The lowest BCUT2D eigenvalue weighted by molar-refractivity contribution is 0.924. The number of nitrogens with zero attached hydrogens (tertiary/aromatic N) is 4. The van der Waals surface area contributed by atoms with Gasteiger partial charge in [-0.2, -0.15) is 0 Å². The molecular weight excluding hydrogens is 284 g/mol. The highest BCUT2D eigenvalue weighted by atomic mass is 79.9. The Kier molecular flexibility index (Phi) is 3.09. The van der Waals surface area contributed by atoms with E-state index >= 15 is 0 Å². The average Bonchev–Trinajstić information content (AvgIpc) is 2.51. The summed E-state index contributed by atoms with van der Waals surface area (Å²) in [7, 11) is 0. The maximum Gasteiger partial charge on any atom is 0.194 e. The first-order valence-electron chi connectivity index (χ1n) is 3.70. The minimum atomic E-state index is 0.702. The van der Waals surface area contributed by atoms with Crippen molar-refractivity contribution in [2.75, 3.05) is 0 Å². The molecule has 14 heavy (non-hydrogen) atoms. The summed E-state index contributed by atoms with van der Waals surface area (Å²) >= 11 is 6.13. The topological polar surface area (TPSA) is 51.6 Å². The van der Waals surface area contributed by atoms with Crippen molar-refractivity contribution in [3.63, 3.8) is 0 Å². The molecule has 4 nitrogen and oxygen atoms in total. The van der Waals surface area contributed by atoms with E-state index in [0.717, 1.165) is 14.0 Å². The van der Waals surface area contributed by atoms with E-state index in [9.17, 15) is 0 Å². The van der Waals surface area contributed by atoms with E-state index in [0.29, 0.717) is 5.16 Å². The monoisotopic (exact) mass is 288 g/mol. The van der Waals surface area contributed by atoms with Crippen molar-refractivity contribution >= 4 is 39.0 Å². The third-order valence-corrected chi connectivity index (χ3v) is 3.62. The Labute approximate surface area is 97.3 Å². The van der Waals surface area contributed by atoms with Crippen LogP contribution in [0.1, 0.15) is 5.69 Å². The highest BCUT2D eigenvalue weighted by Crippen LogP contribution is 2.29. The Morgan fingerprint density at radius 1 is 1.43 bits per heavy atom. The number of aromatic nitrogens is 4. The lowest BCUT2D eigenvalue weighted by Crippen LogP contribution is -1.87. The third-order valence-electron chi connectivity index (χ3n) is 1.33. The summed E-state index contributed by atoms with van der Waals surface area (Å²) in [6.07, 6.45) is 1.74. The summed E-state index contributed by atoms with van der Waals surface area (Å²) in [4.78, 5) is 8.37. The van der Waals surface area contributed by atoms with Gasteiger partial charge in [-0.15, -0.1) is 10.2 Å². The predicted molar refractivity (Wildman–Crippen MR) is 58.5 cm³/mol. The fourth-order valence-electron chi connectivity index (χ4n) is 0.787. The summed E-state index contributed by atoms with van der Waals surface area (Å²) < 4.78 is 1.61. The summed E-state index contributed by atoms with van der Waals surface area (Å²) in [6, 6.07) is 1.86. The molecule has 2 heterocycles. The Bertz CT molecular complexity index is 445. The van der Waals surface area contributed by atoms with E-state index in [1.807, 2.05) is 13.0 Å². The molecule has 0 fully saturated rings. The van der Waals surface area contributed by atoms with Crippen LogP contribution in [0.5, 0.6) is 0 Å². The van der Waals surface area contributed by atoms with Gasteiger partial charge in [0.25, 0.3) is 0 Å². The fourth-order valence-corrected chi connectivity index (χ4v) is 3.12. The summed E-state index contributed by atoms with van der Waals surface area (Å²) in [6.45, 7) is 1.93. The Balaban J connectivity index is 2.18. The molecule has 7 heteroatoms. The second-order valence-electron chi connectivity index (χ2n) is 2.40. The number of rotatable bonds is 2. The van der Waals surface area contributed by atoms with Gasteiger partial charge in [-0.1, -0.05) is 11.3 Å². The molecule has 0 unspecified atom stereocenters. The predicted octanol–water partition coefficient (Wildman–Crippen LogP) is 2.55. The molecule has 0 aliphatic rings.